The number of piperazine rings is 1. The molecule has 0 unspecified atom stereocenters. The van der Waals surface area contributed by atoms with Crippen LogP contribution in [0.4, 0.5) is 11.4 Å². The van der Waals surface area contributed by atoms with Crippen LogP contribution < -0.4 is 4.90 Å². The maximum absolute atomic E-state index is 12.2. The Morgan fingerprint density at radius 1 is 1.24 bits per heavy atom. The van der Waals surface area contributed by atoms with E-state index in [1.807, 2.05) is 4.90 Å². The number of nitro benzene ring substituents is 1. The van der Waals surface area contributed by atoms with E-state index in [1.54, 1.807) is 35.4 Å². The molecule has 7 nitrogen and oxygen atoms in total. The molecule has 130 valence electrons. The molecule has 1 aliphatic rings. The number of carbonyl (C=O) groups excluding carboxylic acids is 1. The van der Waals surface area contributed by atoms with E-state index in [1.165, 1.54) is 18.2 Å². The van der Waals surface area contributed by atoms with E-state index in [9.17, 15) is 14.9 Å². The van der Waals surface area contributed by atoms with Gasteiger partial charge in [-0.25, -0.2) is 0 Å². The molecule has 0 aliphatic carbocycles. The summed E-state index contributed by atoms with van der Waals surface area (Å²) < 4.78 is 5.16. The van der Waals surface area contributed by atoms with Crippen LogP contribution >= 0.6 is 11.6 Å². The number of benzene rings is 1. The van der Waals surface area contributed by atoms with Crippen molar-refractivity contribution in [3.05, 3.63) is 63.6 Å². The molecular weight excluding hydrogens is 346 g/mol. The molecule has 25 heavy (non-hydrogen) atoms. The van der Waals surface area contributed by atoms with Crippen molar-refractivity contribution in [1.29, 1.82) is 0 Å². The standard InChI is InChI=1S/C17H16ClN3O4/c18-15-12-13(21(23)24)3-5-16(15)19-7-9-20(10-8-19)17(22)6-4-14-2-1-11-25-14/h1-6,11-12H,7-10H2/b6-4-. The van der Waals surface area contributed by atoms with Crippen molar-refractivity contribution in [2.24, 2.45) is 0 Å². The van der Waals surface area contributed by atoms with E-state index in [2.05, 4.69) is 0 Å². The van der Waals surface area contributed by atoms with Crippen molar-refractivity contribution < 1.29 is 14.1 Å². The summed E-state index contributed by atoms with van der Waals surface area (Å²) in [5.41, 5.74) is 0.705. The highest BCUT2D eigenvalue weighted by Crippen LogP contribution is 2.30. The van der Waals surface area contributed by atoms with E-state index in [-0.39, 0.29) is 11.6 Å². The third-order valence-corrected chi connectivity index (χ3v) is 4.31. The molecule has 1 amide bonds. The van der Waals surface area contributed by atoms with Gasteiger partial charge in [0.15, 0.2) is 0 Å². The molecule has 8 heteroatoms. The number of hydrogen-bond donors (Lipinski definition) is 0. The van der Waals surface area contributed by atoms with Crippen LogP contribution in [0, 0.1) is 10.1 Å². The largest absolute Gasteiger partial charge is 0.465 e. The molecule has 1 aromatic heterocycles. The molecule has 1 aromatic carbocycles. The fraction of sp³-hybridized carbons (Fsp3) is 0.235. The van der Waals surface area contributed by atoms with Gasteiger partial charge in [-0.05, 0) is 24.3 Å². The van der Waals surface area contributed by atoms with Gasteiger partial charge in [-0.2, -0.15) is 0 Å². The van der Waals surface area contributed by atoms with Gasteiger partial charge in [0.25, 0.3) is 5.69 Å². The Kier molecular flexibility index (Phi) is 5.04. The molecule has 2 heterocycles. The van der Waals surface area contributed by atoms with Gasteiger partial charge in [0.2, 0.25) is 5.91 Å². The predicted octanol–water partition coefficient (Wildman–Crippen LogP) is 3.20. The first kappa shape index (κ1) is 17.0. The van der Waals surface area contributed by atoms with Gasteiger partial charge in [-0.15, -0.1) is 0 Å². The van der Waals surface area contributed by atoms with Crippen LogP contribution in [-0.2, 0) is 4.79 Å². The van der Waals surface area contributed by atoms with Crippen molar-refractivity contribution in [3.8, 4) is 0 Å². The van der Waals surface area contributed by atoms with Crippen LogP contribution in [0.5, 0.6) is 0 Å². The minimum absolute atomic E-state index is 0.0365. The summed E-state index contributed by atoms with van der Waals surface area (Å²) in [6.07, 6.45) is 4.69. The number of hydrogen-bond acceptors (Lipinski definition) is 5. The summed E-state index contributed by atoms with van der Waals surface area (Å²) in [6.45, 7) is 2.32. The molecule has 0 atom stereocenters. The van der Waals surface area contributed by atoms with Gasteiger partial charge in [0, 0.05) is 44.4 Å². The molecule has 0 spiro atoms. The molecule has 0 N–H and O–H groups in total. The third kappa shape index (κ3) is 4.00. The molecule has 1 saturated heterocycles. The molecule has 0 saturated carbocycles. The number of halogens is 1. The molecule has 0 bridgehead atoms. The Hall–Kier alpha value is -2.80. The lowest BCUT2D eigenvalue weighted by Crippen LogP contribution is -2.48. The maximum atomic E-state index is 12.2. The lowest BCUT2D eigenvalue weighted by molar-refractivity contribution is -0.384. The molecule has 1 fully saturated rings. The molecule has 2 aromatic rings. The Labute approximate surface area is 149 Å². The van der Waals surface area contributed by atoms with Gasteiger partial charge in [0.05, 0.1) is 21.9 Å². The third-order valence-electron chi connectivity index (χ3n) is 4.01. The van der Waals surface area contributed by atoms with E-state index in [0.29, 0.717) is 37.0 Å². The summed E-state index contributed by atoms with van der Waals surface area (Å²) >= 11 is 6.16. The molecular formula is C17H16ClN3O4. The first-order chi connectivity index (χ1) is 12.0. The van der Waals surface area contributed by atoms with Crippen molar-refractivity contribution in [3.63, 3.8) is 0 Å². The van der Waals surface area contributed by atoms with Crippen molar-refractivity contribution in [2.45, 2.75) is 0 Å². The number of anilines is 1. The zero-order valence-electron chi connectivity index (χ0n) is 13.3. The first-order valence-corrected chi connectivity index (χ1v) is 8.12. The minimum Gasteiger partial charge on any atom is -0.465 e. The lowest BCUT2D eigenvalue weighted by Gasteiger charge is -2.36. The summed E-state index contributed by atoms with van der Waals surface area (Å²) in [5.74, 6) is 0.551. The second-order valence-corrected chi connectivity index (χ2v) is 5.96. The van der Waals surface area contributed by atoms with E-state index in [0.717, 1.165) is 5.69 Å². The number of amides is 1. The maximum Gasteiger partial charge on any atom is 0.271 e. The van der Waals surface area contributed by atoms with E-state index >= 15 is 0 Å². The van der Waals surface area contributed by atoms with Crippen LogP contribution in [0.1, 0.15) is 5.76 Å². The van der Waals surface area contributed by atoms with Crippen LogP contribution in [0.15, 0.2) is 47.1 Å². The fourth-order valence-electron chi connectivity index (χ4n) is 2.68. The van der Waals surface area contributed by atoms with E-state index in [4.69, 9.17) is 16.0 Å². The van der Waals surface area contributed by atoms with Crippen LogP contribution in [0.2, 0.25) is 5.02 Å². The predicted molar refractivity (Wildman–Crippen MR) is 94.6 cm³/mol. The molecule has 0 radical (unpaired) electrons. The van der Waals surface area contributed by atoms with Gasteiger partial charge >= 0.3 is 0 Å². The lowest BCUT2D eigenvalue weighted by atomic mass is 10.2. The number of furan rings is 1. The molecule has 3 rings (SSSR count). The highest BCUT2D eigenvalue weighted by atomic mass is 35.5. The average Bonchev–Trinajstić information content (AvgIpc) is 3.13. The Balaban J connectivity index is 1.60. The highest BCUT2D eigenvalue weighted by Gasteiger charge is 2.22. The second kappa shape index (κ2) is 7.40. The van der Waals surface area contributed by atoms with Crippen LogP contribution in [0.3, 0.4) is 0 Å². The minimum atomic E-state index is -0.475. The summed E-state index contributed by atoms with van der Waals surface area (Å²) in [5, 5.41) is 11.1. The Morgan fingerprint density at radius 3 is 2.60 bits per heavy atom. The van der Waals surface area contributed by atoms with Gasteiger partial charge in [-0.3, -0.25) is 14.9 Å². The first-order valence-electron chi connectivity index (χ1n) is 7.74. The average molecular weight is 362 g/mol. The van der Waals surface area contributed by atoms with Gasteiger partial charge < -0.3 is 14.2 Å². The Bertz CT molecular complexity index is 796. The number of carbonyl (C=O) groups is 1. The second-order valence-electron chi connectivity index (χ2n) is 5.55. The zero-order valence-corrected chi connectivity index (χ0v) is 14.1. The number of rotatable bonds is 4. The van der Waals surface area contributed by atoms with Crippen LogP contribution in [0.25, 0.3) is 6.08 Å². The van der Waals surface area contributed by atoms with Crippen molar-refractivity contribution in [1.82, 2.24) is 4.90 Å². The topological polar surface area (TPSA) is 79.8 Å². The zero-order chi connectivity index (χ0) is 17.8. The normalized spacial score (nSPS) is 14.9. The monoisotopic (exact) mass is 361 g/mol. The van der Waals surface area contributed by atoms with E-state index < -0.39 is 4.92 Å². The van der Waals surface area contributed by atoms with Crippen molar-refractivity contribution in [2.75, 3.05) is 31.1 Å². The van der Waals surface area contributed by atoms with Crippen molar-refractivity contribution >= 4 is 35.0 Å². The smallest absolute Gasteiger partial charge is 0.271 e. The SMILES string of the molecule is O=C(/C=C\c1ccco1)N1CCN(c2ccc([N+](=O)[O-])cc2Cl)CC1. The Morgan fingerprint density at radius 2 is 2.00 bits per heavy atom. The van der Waals surface area contributed by atoms with Gasteiger partial charge in [0.1, 0.15) is 5.76 Å². The quantitative estimate of drug-likeness (QED) is 0.474. The summed E-state index contributed by atoms with van der Waals surface area (Å²) in [7, 11) is 0. The number of nitro groups is 1. The number of nitrogens with zero attached hydrogens (tertiary/aromatic N) is 3. The summed E-state index contributed by atoms with van der Waals surface area (Å²) in [6, 6.07) is 7.97. The van der Waals surface area contributed by atoms with Gasteiger partial charge in [-0.1, -0.05) is 11.6 Å². The molecule has 1 aliphatic heterocycles. The summed E-state index contributed by atoms with van der Waals surface area (Å²) in [4.78, 5) is 26.3. The number of non-ortho nitro benzene ring substituents is 1. The fourth-order valence-corrected chi connectivity index (χ4v) is 2.97. The highest BCUT2D eigenvalue weighted by molar-refractivity contribution is 6.33. The van der Waals surface area contributed by atoms with Crippen LogP contribution in [-0.4, -0.2) is 41.9 Å².